The first-order valence-electron chi connectivity index (χ1n) is 3.88. The van der Waals surface area contributed by atoms with Gasteiger partial charge in [-0.2, -0.15) is 0 Å². The topological polar surface area (TPSA) is 17.8 Å². The molecule has 0 radical (unpaired) electrons. The Labute approximate surface area is 89.8 Å². The molecule has 0 bridgehead atoms. The van der Waals surface area contributed by atoms with Crippen LogP contribution in [0.25, 0.3) is 0 Å². The van der Waals surface area contributed by atoms with E-state index in [9.17, 15) is 0 Å². The molecule has 0 saturated heterocycles. The summed E-state index contributed by atoms with van der Waals surface area (Å²) < 4.78 is 1.93. The number of benzene rings is 1. The fourth-order valence-electron chi connectivity index (χ4n) is 1.12. The van der Waals surface area contributed by atoms with Crippen molar-refractivity contribution in [1.82, 2.24) is 9.55 Å². The number of rotatable bonds is 2. The predicted octanol–water partition coefficient (Wildman–Crippen LogP) is -1.26. The molecule has 0 aliphatic heterocycles. The number of nitrogens with zero attached hydrogens (tertiary/aromatic N) is 2. The van der Waals surface area contributed by atoms with Gasteiger partial charge in [-0.1, -0.05) is 30.3 Å². The monoisotopic (exact) mass is 164 g/mol. The van der Waals surface area contributed by atoms with Gasteiger partial charge in [-0.25, -0.2) is 0 Å². The third-order valence-electron chi connectivity index (χ3n) is 1.70. The summed E-state index contributed by atoms with van der Waals surface area (Å²) in [5, 5.41) is 0. The second-order valence-electron chi connectivity index (χ2n) is 2.64. The van der Waals surface area contributed by atoms with E-state index in [0.29, 0.717) is 0 Å². The van der Waals surface area contributed by atoms with Crippen molar-refractivity contribution in [3.05, 3.63) is 54.6 Å². The molecular weight excluding hydrogens is 155 g/mol. The summed E-state index contributed by atoms with van der Waals surface area (Å²) in [4.78, 5) is 3.86. The summed E-state index contributed by atoms with van der Waals surface area (Å²) in [6, 6.07) is 10.3. The van der Waals surface area contributed by atoms with Crippen molar-refractivity contribution in [2.75, 3.05) is 0 Å². The van der Waals surface area contributed by atoms with Crippen LogP contribution in [0.4, 0.5) is 0 Å². The predicted molar refractivity (Wildman–Crippen MR) is 46.6 cm³/mol. The van der Waals surface area contributed by atoms with E-state index in [-0.39, 0.29) is 18.9 Å². The van der Waals surface area contributed by atoms with Crippen LogP contribution in [0.3, 0.4) is 0 Å². The quantitative estimate of drug-likeness (QED) is 0.400. The van der Waals surface area contributed by atoms with E-state index in [1.54, 1.807) is 6.20 Å². The number of hydrogen-bond donors (Lipinski definition) is 0. The van der Waals surface area contributed by atoms with Gasteiger partial charge in [0.05, 0.1) is 0 Å². The van der Waals surface area contributed by atoms with Gasteiger partial charge in [0, 0.05) is 12.9 Å². The minimum Gasteiger partial charge on any atom is -0.450 e. The minimum atomic E-state index is 0. The Bertz CT molecular complexity index is 329. The van der Waals surface area contributed by atoms with Gasteiger partial charge in [0.1, 0.15) is 0 Å². The zero-order valence-corrected chi connectivity index (χ0v) is 7.64. The van der Waals surface area contributed by atoms with Crippen LogP contribution in [0.2, 0.25) is 0 Å². The third kappa shape index (κ3) is 2.77. The Balaban J connectivity index is 0.000000845. The summed E-state index contributed by atoms with van der Waals surface area (Å²) >= 11 is 0. The normalized spacial score (nSPS) is 9.23. The van der Waals surface area contributed by atoms with Gasteiger partial charge < -0.3 is 9.55 Å². The average molecular weight is 164 g/mol. The van der Waals surface area contributed by atoms with Crippen LogP contribution in [-0.4, -0.2) is 9.55 Å². The zero-order valence-electron chi connectivity index (χ0n) is 7.64. The smallest absolute Gasteiger partial charge is 0.450 e. The van der Waals surface area contributed by atoms with E-state index in [1.807, 2.05) is 29.0 Å². The molecule has 13 heavy (non-hydrogen) atoms. The van der Waals surface area contributed by atoms with Crippen molar-refractivity contribution >= 4 is 0 Å². The van der Waals surface area contributed by atoms with E-state index in [1.165, 1.54) is 5.56 Å². The first kappa shape index (κ1) is 10.1. The molecule has 3 heteroatoms. The van der Waals surface area contributed by atoms with Gasteiger partial charge in [-0.05, 0) is 5.56 Å². The molecule has 0 aliphatic rings. The molecule has 0 amide bonds. The summed E-state index contributed by atoms with van der Waals surface area (Å²) in [5.41, 5.74) is 1.27. The largest absolute Gasteiger partial charge is 1.00 e. The maximum Gasteiger partial charge on any atom is 1.00 e. The molecule has 2 aromatic rings. The molecule has 0 aliphatic carbocycles. The van der Waals surface area contributed by atoms with Gasteiger partial charge >= 0.3 is 18.9 Å². The van der Waals surface area contributed by atoms with Crippen molar-refractivity contribution in [2.45, 2.75) is 6.54 Å². The van der Waals surface area contributed by atoms with Crippen LogP contribution >= 0.6 is 0 Å². The average Bonchev–Trinajstić information content (AvgIpc) is 2.59. The molecule has 1 heterocycles. The van der Waals surface area contributed by atoms with Gasteiger partial charge in [-0.15, -0.1) is 12.4 Å². The molecule has 0 unspecified atom stereocenters. The van der Waals surface area contributed by atoms with Crippen molar-refractivity contribution in [3.63, 3.8) is 0 Å². The molecule has 1 aromatic carbocycles. The third-order valence-corrected chi connectivity index (χ3v) is 1.70. The van der Waals surface area contributed by atoms with Gasteiger partial charge in [0.2, 0.25) is 0 Å². The molecule has 1 aromatic heterocycles. The van der Waals surface area contributed by atoms with Crippen molar-refractivity contribution < 1.29 is 18.9 Å². The Morgan fingerprint density at radius 1 is 1.23 bits per heavy atom. The van der Waals surface area contributed by atoms with Crippen LogP contribution in [0.1, 0.15) is 5.56 Å². The SMILES string of the molecule is [Li+].[c-]1nccn1Cc1ccccc1. The maximum absolute atomic E-state index is 3.86. The van der Waals surface area contributed by atoms with E-state index in [2.05, 4.69) is 23.4 Å². The van der Waals surface area contributed by atoms with Crippen molar-refractivity contribution in [1.29, 1.82) is 0 Å². The molecule has 2 nitrogen and oxygen atoms in total. The second-order valence-corrected chi connectivity index (χ2v) is 2.64. The molecule has 2 rings (SSSR count). The molecule has 0 fully saturated rings. The second kappa shape index (κ2) is 4.91. The minimum absolute atomic E-state index is 0. The van der Waals surface area contributed by atoms with Crippen LogP contribution in [0, 0.1) is 6.33 Å². The van der Waals surface area contributed by atoms with Crippen LogP contribution in [0.15, 0.2) is 42.7 Å². The molecule has 60 valence electrons. The Hall–Kier alpha value is -0.973. The fourth-order valence-corrected chi connectivity index (χ4v) is 1.12. The number of imidazole rings is 1. The molecule has 0 spiro atoms. The standard InChI is InChI=1S/C10H9N2.Li/c1-2-4-10(5-3-1)8-12-7-6-11-9-12;/h1-7H,8H2;/q-1;+1. The summed E-state index contributed by atoms with van der Waals surface area (Å²) in [6.07, 6.45) is 6.50. The van der Waals surface area contributed by atoms with Crippen molar-refractivity contribution in [2.24, 2.45) is 0 Å². The van der Waals surface area contributed by atoms with Gasteiger partial charge in [-0.3, -0.25) is 0 Å². The van der Waals surface area contributed by atoms with Crippen LogP contribution in [0.5, 0.6) is 0 Å². The van der Waals surface area contributed by atoms with E-state index in [0.717, 1.165) is 6.54 Å². The maximum atomic E-state index is 3.86. The fraction of sp³-hybridized carbons (Fsp3) is 0.100. The van der Waals surface area contributed by atoms with E-state index in [4.69, 9.17) is 0 Å². The Morgan fingerprint density at radius 2 is 2.00 bits per heavy atom. The number of aromatic nitrogens is 2. The van der Waals surface area contributed by atoms with Crippen LogP contribution in [-0.2, 0) is 6.54 Å². The Kier molecular flexibility index (Phi) is 3.82. The molecule has 0 atom stereocenters. The van der Waals surface area contributed by atoms with E-state index >= 15 is 0 Å². The van der Waals surface area contributed by atoms with Crippen molar-refractivity contribution in [3.8, 4) is 0 Å². The number of hydrogen-bond acceptors (Lipinski definition) is 1. The summed E-state index contributed by atoms with van der Waals surface area (Å²) in [7, 11) is 0. The summed E-state index contributed by atoms with van der Waals surface area (Å²) in [6.45, 7) is 0.848. The van der Waals surface area contributed by atoms with E-state index < -0.39 is 0 Å². The van der Waals surface area contributed by atoms with Gasteiger partial charge in [0.25, 0.3) is 0 Å². The first-order chi connectivity index (χ1) is 5.95. The molecule has 0 saturated carbocycles. The summed E-state index contributed by atoms with van der Waals surface area (Å²) in [5.74, 6) is 0. The zero-order chi connectivity index (χ0) is 8.23. The molecule has 0 N–H and O–H groups in total. The first-order valence-corrected chi connectivity index (χ1v) is 3.88. The van der Waals surface area contributed by atoms with Crippen LogP contribution < -0.4 is 18.9 Å². The molecular formula is C10H9LiN2. The Morgan fingerprint density at radius 3 is 2.62 bits per heavy atom. The van der Waals surface area contributed by atoms with Gasteiger partial charge in [0.15, 0.2) is 0 Å².